The SMILES string of the molecule is CN1CCC(c2ccc3c(c2)nc(NC(=O)c2ccnc(-c4cnn(C)c4)c2)n3CC(C)(C)O)CC1=O. The number of hydrogen-bond donors (Lipinski definition) is 2. The van der Waals surface area contributed by atoms with Crippen LogP contribution in [0.25, 0.3) is 22.3 Å². The molecule has 1 aromatic carbocycles. The number of pyridine rings is 1. The number of fused-ring (bicyclic) bond motifs is 1. The second-order valence-corrected chi connectivity index (χ2v) is 10.4. The van der Waals surface area contributed by atoms with Crippen LogP contribution >= 0.6 is 0 Å². The third kappa shape index (κ3) is 5.24. The topological polar surface area (TPSA) is 118 Å². The molecule has 1 aliphatic rings. The van der Waals surface area contributed by atoms with Crippen molar-refractivity contribution in [3.8, 4) is 11.3 Å². The van der Waals surface area contributed by atoms with Crippen molar-refractivity contribution < 1.29 is 14.7 Å². The molecule has 1 aliphatic heterocycles. The third-order valence-electron chi connectivity index (χ3n) is 6.70. The molecule has 10 heteroatoms. The van der Waals surface area contributed by atoms with E-state index in [4.69, 9.17) is 4.98 Å². The van der Waals surface area contributed by atoms with Gasteiger partial charge in [0.15, 0.2) is 0 Å². The van der Waals surface area contributed by atoms with E-state index >= 15 is 0 Å². The van der Waals surface area contributed by atoms with Crippen molar-refractivity contribution in [2.24, 2.45) is 7.05 Å². The monoisotopic (exact) mass is 501 g/mol. The van der Waals surface area contributed by atoms with Crippen LogP contribution in [0.15, 0.2) is 48.9 Å². The number of nitrogens with one attached hydrogen (secondary N) is 1. The molecule has 1 fully saturated rings. The normalized spacial score (nSPS) is 16.4. The van der Waals surface area contributed by atoms with Gasteiger partial charge in [0.05, 0.1) is 35.1 Å². The van der Waals surface area contributed by atoms with Crippen LogP contribution in [0.4, 0.5) is 5.95 Å². The number of hydrogen-bond acceptors (Lipinski definition) is 6. The fourth-order valence-corrected chi connectivity index (χ4v) is 4.73. The van der Waals surface area contributed by atoms with Crippen molar-refractivity contribution in [3.05, 3.63) is 60.0 Å². The van der Waals surface area contributed by atoms with E-state index in [1.807, 2.05) is 43.1 Å². The van der Waals surface area contributed by atoms with Gasteiger partial charge < -0.3 is 14.6 Å². The van der Waals surface area contributed by atoms with Crippen molar-refractivity contribution in [2.45, 2.75) is 44.8 Å². The molecule has 4 aromatic rings. The van der Waals surface area contributed by atoms with Crippen LogP contribution in [0, 0.1) is 0 Å². The van der Waals surface area contributed by atoms with Crippen LogP contribution in [0.2, 0.25) is 0 Å². The Morgan fingerprint density at radius 3 is 2.73 bits per heavy atom. The van der Waals surface area contributed by atoms with Gasteiger partial charge in [0.25, 0.3) is 5.91 Å². The molecule has 1 atom stereocenters. The van der Waals surface area contributed by atoms with Gasteiger partial charge in [0, 0.05) is 50.6 Å². The summed E-state index contributed by atoms with van der Waals surface area (Å²) in [5, 5.41) is 17.7. The minimum absolute atomic E-state index is 0.133. The summed E-state index contributed by atoms with van der Waals surface area (Å²) < 4.78 is 3.50. The maximum Gasteiger partial charge on any atom is 0.258 e. The Kier molecular flexibility index (Phi) is 6.28. The number of aromatic nitrogens is 5. The summed E-state index contributed by atoms with van der Waals surface area (Å²) >= 11 is 0. The number of piperidine rings is 1. The van der Waals surface area contributed by atoms with E-state index in [0.717, 1.165) is 29.6 Å². The molecule has 2 N–H and O–H groups in total. The van der Waals surface area contributed by atoms with E-state index in [0.29, 0.717) is 29.1 Å². The van der Waals surface area contributed by atoms with Gasteiger partial charge in [-0.1, -0.05) is 6.07 Å². The molecule has 192 valence electrons. The first-order valence-electron chi connectivity index (χ1n) is 12.3. The maximum atomic E-state index is 13.3. The highest BCUT2D eigenvalue weighted by molar-refractivity contribution is 6.04. The van der Waals surface area contributed by atoms with E-state index in [-0.39, 0.29) is 24.3 Å². The maximum absolute atomic E-state index is 13.3. The lowest BCUT2D eigenvalue weighted by molar-refractivity contribution is -0.132. The molecule has 0 saturated carbocycles. The molecule has 5 rings (SSSR count). The van der Waals surface area contributed by atoms with E-state index in [1.54, 1.807) is 48.0 Å². The van der Waals surface area contributed by atoms with E-state index in [1.165, 1.54) is 0 Å². The highest BCUT2D eigenvalue weighted by Gasteiger charge is 2.26. The molecular formula is C27H31N7O3. The number of amides is 2. The summed E-state index contributed by atoms with van der Waals surface area (Å²) in [6.07, 6.45) is 6.48. The fraction of sp³-hybridized carbons (Fsp3) is 0.370. The molecule has 4 heterocycles. The zero-order valence-electron chi connectivity index (χ0n) is 21.5. The van der Waals surface area contributed by atoms with Crippen LogP contribution in [-0.4, -0.2) is 65.3 Å². The second kappa shape index (κ2) is 9.44. The van der Waals surface area contributed by atoms with Gasteiger partial charge in [-0.25, -0.2) is 4.98 Å². The predicted molar refractivity (Wildman–Crippen MR) is 140 cm³/mol. The lowest BCUT2D eigenvalue weighted by atomic mass is 9.89. The molecule has 0 aliphatic carbocycles. The number of rotatable bonds is 6. The Labute approximate surface area is 214 Å². The first-order valence-corrected chi connectivity index (χ1v) is 12.3. The number of likely N-dealkylation sites (tertiary alicyclic amines) is 1. The molecular weight excluding hydrogens is 470 g/mol. The Morgan fingerprint density at radius 2 is 2.03 bits per heavy atom. The quantitative estimate of drug-likeness (QED) is 0.419. The average Bonchev–Trinajstić information content (AvgIpc) is 3.43. The van der Waals surface area contributed by atoms with Crippen molar-refractivity contribution in [2.75, 3.05) is 18.9 Å². The minimum atomic E-state index is -1.03. The van der Waals surface area contributed by atoms with Gasteiger partial charge in [-0.2, -0.15) is 5.10 Å². The van der Waals surface area contributed by atoms with Crippen LogP contribution in [0.3, 0.4) is 0 Å². The minimum Gasteiger partial charge on any atom is -0.389 e. The van der Waals surface area contributed by atoms with Gasteiger partial charge in [0.2, 0.25) is 11.9 Å². The number of carbonyl (C=O) groups excluding carboxylic acids is 2. The lowest BCUT2D eigenvalue weighted by Crippen LogP contribution is -2.34. The Balaban J connectivity index is 1.47. The van der Waals surface area contributed by atoms with Crippen molar-refractivity contribution in [3.63, 3.8) is 0 Å². The van der Waals surface area contributed by atoms with Crippen LogP contribution in [-0.2, 0) is 18.4 Å². The molecule has 2 amide bonds. The Bertz CT molecular complexity index is 1480. The first kappa shape index (κ1) is 24.6. The molecule has 1 saturated heterocycles. The van der Waals surface area contributed by atoms with Crippen LogP contribution in [0.1, 0.15) is 48.5 Å². The number of aryl methyl sites for hydroxylation is 1. The number of anilines is 1. The molecule has 37 heavy (non-hydrogen) atoms. The molecule has 0 bridgehead atoms. The number of imidazole rings is 1. The molecule has 1 unspecified atom stereocenters. The molecule has 0 radical (unpaired) electrons. The standard InChI is InChI=1S/C27H31N7O3/c1-27(2,37)16-34-23-6-5-17(18-8-10-32(3)24(35)13-18)11-22(23)30-26(34)31-25(36)19-7-9-28-21(12-19)20-14-29-33(4)15-20/h5-7,9,11-12,14-15,18,37H,8,10,13,16H2,1-4H3,(H,30,31,36). The Morgan fingerprint density at radius 1 is 1.22 bits per heavy atom. The molecule has 3 aromatic heterocycles. The van der Waals surface area contributed by atoms with E-state index < -0.39 is 5.60 Å². The average molecular weight is 502 g/mol. The molecule has 10 nitrogen and oxygen atoms in total. The third-order valence-corrected chi connectivity index (χ3v) is 6.70. The number of benzene rings is 1. The van der Waals surface area contributed by atoms with Crippen LogP contribution in [0.5, 0.6) is 0 Å². The van der Waals surface area contributed by atoms with Gasteiger partial charge >= 0.3 is 0 Å². The summed E-state index contributed by atoms with van der Waals surface area (Å²) in [5.74, 6) is 0.285. The van der Waals surface area contributed by atoms with Gasteiger partial charge in [-0.05, 0) is 56.0 Å². The summed E-state index contributed by atoms with van der Waals surface area (Å²) in [4.78, 5) is 36.4. The van der Waals surface area contributed by atoms with E-state index in [9.17, 15) is 14.7 Å². The number of carbonyl (C=O) groups is 2. The Hall–Kier alpha value is -4.05. The van der Waals surface area contributed by atoms with Gasteiger partial charge in [-0.15, -0.1) is 0 Å². The second-order valence-electron chi connectivity index (χ2n) is 10.4. The zero-order valence-corrected chi connectivity index (χ0v) is 21.5. The zero-order chi connectivity index (χ0) is 26.3. The predicted octanol–water partition coefficient (Wildman–Crippen LogP) is 3.19. The highest BCUT2D eigenvalue weighted by atomic mass is 16.3. The van der Waals surface area contributed by atoms with E-state index in [2.05, 4.69) is 15.4 Å². The summed E-state index contributed by atoms with van der Waals surface area (Å²) in [6.45, 7) is 4.39. The summed E-state index contributed by atoms with van der Waals surface area (Å²) in [7, 11) is 3.65. The summed E-state index contributed by atoms with van der Waals surface area (Å²) in [5.41, 5.74) is 3.40. The fourth-order valence-electron chi connectivity index (χ4n) is 4.73. The largest absolute Gasteiger partial charge is 0.389 e. The van der Waals surface area contributed by atoms with Gasteiger partial charge in [-0.3, -0.25) is 24.6 Å². The number of nitrogens with zero attached hydrogens (tertiary/aromatic N) is 6. The van der Waals surface area contributed by atoms with Crippen molar-refractivity contribution in [1.29, 1.82) is 0 Å². The van der Waals surface area contributed by atoms with Gasteiger partial charge in [0.1, 0.15) is 0 Å². The summed E-state index contributed by atoms with van der Waals surface area (Å²) in [6, 6.07) is 9.32. The highest BCUT2D eigenvalue weighted by Crippen LogP contribution is 2.32. The first-order chi connectivity index (χ1) is 17.6. The van der Waals surface area contributed by atoms with Crippen molar-refractivity contribution >= 4 is 28.8 Å². The lowest BCUT2D eigenvalue weighted by Gasteiger charge is -2.29. The number of aliphatic hydroxyl groups is 1. The molecule has 0 spiro atoms. The smallest absolute Gasteiger partial charge is 0.258 e. The van der Waals surface area contributed by atoms with Crippen LogP contribution < -0.4 is 5.32 Å². The van der Waals surface area contributed by atoms with Crippen molar-refractivity contribution in [1.82, 2.24) is 29.2 Å².